The third-order valence-corrected chi connectivity index (χ3v) is 4.84. The van der Waals surface area contributed by atoms with Crippen LogP contribution in [0.4, 0.5) is 4.79 Å². The van der Waals surface area contributed by atoms with Gasteiger partial charge in [-0.2, -0.15) is 0 Å². The monoisotopic (exact) mass is 403 g/mol. The second-order valence-corrected chi connectivity index (χ2v) is 8.44. The van der Waals surface area contributed by atoms with Crippen LogP contribution in [0.1, 0.15) is 45.7 Å². The molecule has 0 bridgehead atoms. The Kier molecular flexibility index (Phi) is 8.76. The number of amides is 1. The number of aliphatic imine (C=N–C) groups is 1. The number of carbonyl (C=O) groups is 1. The SMILES string of the molecule is CN=C(NCCCN1CCN(C(=O)OC(C)(C)C)CC1)NC(C)c1ccccc1. The molecule has 0 radical (unpaired) electrons. The molecule has 2 rings (SSSR count). The van der Waals surface area contributed by atoms with E-state index in [-0.39, 0.29) is 12.1 Å². The first-order valence-electron chi connectivity index (χ1n) is 10.5. The summed E-state index contributed by atoms with van der Waals surface area (Å²) in [4.78, 5) is 20.6. The molecule has 0 spiro atoms. The Labute approximate surface area is 175 Å². The molecule has 1 fully saturated rings. The summed E-state index contributed by atoms with van der Waals surface area (Å²) >= 11 is 0. The minimum atomic E-state index is -0.440. The van der Waals surface area contributed by atoms with Gasteiger partial charge in [0.2, 0.25) is 0 Å². The van der Waals surface area contributed by atoms with Gasteiger partial charge in [0, 0.05) is 39.8 Å². The quantitative estimate of drug-likeness (QED) is 0.434. The average molecular weight is 404 g/mol. The smallest absolute Gasteiger partial charge is 0.410 e. The molecule has 0 saturated carbocycles. The second kappa shape index (κ2) is 11.0. The lowest BCUT2D eigenvalue weighted by Crippen LogP contribution is -2.50. The third-order valence-electron chi connectivity index (χ3n) is 4.84. The van der Waals surface area contributed by atoms with Crippen LogP contribution in [-0.4, -0.2) is 73.8 Å². The highest BCUT2D eigenvalue weighted by molar-refractivity contribution is 5.80. The van der Waals surface area contributed by atoms with Crippen LogP contribution in [0.5, 0.6) is 0 Å². The van der Waals surface area contributed by atoms with E-state index in [0.717, 1.165) is 51.6 Å². The van der Waals surface area contributed by atoms with Crippen LogP contribution in [-0.2, 0) is 4.74 Å². The lowest BCUT2D eigenvalue weighted by molar-refractivity contribution is 0.0145. The van der Waals surface area contributed by atoms with Crippen LogP contribution in [0.25, 0.3) is 0 Å². The number of nitrogens with zero attached hydrogens (tertiary/aromatic N) is 3. The molecule has 7 heteroatoms. The van der Waals surface area contributed by atoms with Gasteiger partial charge in [0.05, 0.1) is 6.04 Å². The molecule has 1 saturated heterocycles. The van der Waals surface area contributed by atoms with Gasteiger partial charge in [-0.1, -0.05) is 30.3 Å². The van der Waals surface area contributed by atoms with E-state index in [1.165, 1.54) is 5.56 Å². The minimum Gasteiger partial charge on any atom is -0.444 e. The molecule has 1 aromatic rings. The number of benzene rings is 1. The summed E-state index contributed by atoms with van der Waals surface area (Å²) in [5.74, 6) is 0.816. The van der Waals surface area contributed by atoms with Crippen molar-refractivity contribution in [2.75, 3.05) is 46.3 Å². The van der Waals surface area contributed by atoms with E-state index in [1.807, 2.05) is 39.0 Å². The number of hydrogen-bond donors (Lipinski definition) is 2. The number of rotatable bonds is 6. The van der Waals surface area contributed by atoms with Crippen LogP contribution in [0.3, 0.4) is 0 Å². The maximum Gasteiger partial charge on any atom is 0.410 e. The molecule has 29 heavy (non-hydrogen) atoms. The summed E-state index contributed by atoms with van der Waals surface area (Å²) in [6, 6.07) is 10.5. The van der Waals surface area contributed by atoms with Crippen LogP contribution < -0.4 is 10.6 Å². The fourth-order valence-electron chi connectivity index (χ4n) is 3.21. The largest absolute Gasteiger partial charge is 0.444 e. The zero-order valence-corrected chi connectivity index (χ0v) is 18.6. The standard InChI is InChI=1S/C22H37N5O2/c1-18(19-10-7-6-8-11-19)25-20(23-5)24-12-9-13-26-14-16-27(17-15-26)21(28)29-22(2,3)4/h6-8,10-11,18H,9,12-17H2,1-5H3,(H2,23,24,25). The molecule has 1 amide bonds. The van der Waals surface area contributed by atoms with Crippen molar-refractivity contribution in [3.05, 3.63) is 35.9 Å². The van der Waals surface area contributed by atoms with Crippen molar-refractivity contribution >= 4 is 12.1 Å². The summed E-state index contributed by atoms with van der Waals surface area (Å²) in [6.07, 6.45) is 0.813. The predicted molar refractivity (Wildman–Crippen MR) is 118 cm³/mol. The topological polar surface area (TPSA) is 69.2 Å². The van der Waals surface area contributed by atoms with Gasteiger partial charge in [-0.25, -0.2) is 4.79 Å². The third kappa shape index (κ3) is 8.31. The fraction of sp³-hybridized carbons (Fsp3) is 0.636. The van der Waals surface area contributed by atoms with Crippen LogP contribution >= 0.6 is 0 Å². The van der Waals surface area contributed by atoms with E-state index in [0.29, 0.717) is 0 Å². The highest BCUT2D eigenvalue weighted by Crippen LogP contribution is 2.12. The molecular weight excluding hydrogens is 366 g/mol. The van der Waals surface area contributed by atoms with Gasteiger partial charge < -0.3 is 20.3 Å². The van der Waals surface area contributed by atoms with Gasteiger partial charge in [0.25, 0.3) is 0 Å². The fourth-order valence-corrected chi connectivity index (χ4v) is 3.21. The van der Waals surface area contributed by atoms with Crippen molar-refractivity contribution in [2.45, 2.75) is 45.8 Å². The molecule has 1 aliphatic rings. The van der Waals surface area contributed by atoms with Crippen molar-refractivity contribution in [1.29, 1.82) is 0 Å². The Morgan fingerprint density at radius 3 is 2.41 bits per heavy atom. The zero-order chi connectivity index (χ0) is 21.3. The van der Waals surface area contributed by atoms with Gasteiger partial charge in [0.1, 0.15) is 5.60 Å². The van der Waals surface area contributed by atoms with E-state index >= 15 is 0 Å². The lowest BCUT2D eigenvalue weighted by Gasteiger charge is -2.35. The van der Waals surface area contributed by atoms with Crippen LogP contribution in [0, 0.1) is 0 Å². The molecule has 1 atom stereocenters. The summed E-state index contributed by atoms with van der Waals surface area (Å²) in [6.45, 7) is 12.9. The molecular formula is C22H37N5O2. The van der Waals surface area contributed by atoms with E-state index in [9.17, 15) is 4.79 Å². The first kappa shape index (κ1) is 23.0. The minimum absolute atomic E-state index is 0.198. The molecule has 162 valence electrons. The predicted octanol–water partition coefficient (Wildman–Crippen LogP) is 2.86. The molecule has 1 aliphatic heterocycles. The van der Waals surface area contributed by atoms with Gasteiger partial charge in [-0.3, -0.25) is 9.89 Å². The molecule has 7 nitrogen and oxygen atoms in total. The number of hydrogen-bond acceptors (Lipinski definition) is 4. The maximum absolute atomic E-state index is 12.1. The summed E-state index contributed by atoms with van der Waals surface area (Å²) in [5, 5.41) is 6.82. The van der Waals surface area contributed by atoms with E-state index in [1.54, 1.807) is 11.9 Å². The normalized spacial score (nSPS) is 17.0. The van der Waals surface area contributed by atoms with E-state index in [4.69, 9.17) is 4.74 Å². The second-order valence-electron chi connectivity index (χ2n) is 8.44. The van der Waals surface area contributed by atoms with Crippen molar-refractivity contribution in [3.8, 4) is 0 Å². The zero-order valence-electron chi connectivity index (χ0n) is 18.6. The molecule has 1 unspecified atom stereocenters. The Morgan fingerprint density at radius 1 is 1.17 bits per heavy atom. The van der Waals surface area contributed by atoms with Gasteiger partial charge in [-0.05, 0) is 46.2 Å². The van der Waals surface area contributed by atoms with Crippen LogP contribution in [0.15, 0.2) is 35.3 Å². The molecule has 0 aliphatic carbocycles. The number of guanidine groups is 1. The lowest BCUT2D eigenvalue weighted by atomic mass is 10.1. The average Bonchev–Trinajstić information content (AvgIpc) is 2.70. The van der Waals surface area contributed by atoms with E-state index in [2.05, 4.69) is 39.6 Å². The van der Waals surface area contributed by atoms with Gasteiger partial charge >= 0.3 is 6.09 Å². The molecule has 1 heterocycles. The summed E-state index contributed by atoms with van der Waals surface area (Å²) in [5.41, 5.74) is 0.795. The highest BCUT2D eigenvalue weighted by atomic mass is 16.6. The number of carbonyl (C=O) groups excluding carboxylic acids is 1. The summed E-state index contributed by atoms with van der Waals surface area (Å²) in [7, 11) is 1.79. The van der Waals surface area contributed by atoms with Crippen molar-refractivity contribution in [3.63, 3.8) is 0 Å². The molecule has 0 aromatic heterocycles. The van der Waals surface area contributed by atoms with Crippen molar-refractivity contribution < 1.29 is 9.53 Å². The van der Waals surface area contributed by atoms with E-state index < -0.39 is 5.60 Å². The summed E-state index contributed by atoms with van der Waals surface area (Å²) < 4.78 is 5.45. The van der Waals surface area contributed by atoms with Crippen molar-refractivity contribution in [2.24, 2.45) is 4.99 Å². The number of nitrogens with one attached hydrogen (secondary N) is 2. The number of piperazine rings is 1. The highest BCUT2D eigenvalue weighted by Gasteiger charge is 2.25. The van der Waals surface area contributed by atoms with Crippen molar-refractivity contribution in [1.82, 2.24) is 20.4 Å². The van der Waals surface area contributed by atoms with Gasteiger partial charge in [0.15, 0.2) is 5.96 Å². The first-order chi connectivity index (χ1) is 13.8. The maximum atomic E-state index is 12.1. The Balaban J connectivity index is 1.63. The van der Waals surface area contributed by atoms with Gasteiger partial charge in [-0.15, -0.1) is 0 Å². The molecule has 2 N–H and O–H groups in total. The first-order valence-corrected chi connectivity index (χ1v) is 10.5. The Morgan fingerprint density at radius 2 is 1.83 bits per heavy atom. The molecule has 1 aromatic carbocycles. The van der Waals surface area contributed by atoms with Crippen LogP contribution in [0.2, 0.25) is 0 Å². The Hall–Kier alpha value is -2.28. The Bertz CT molecular complexity index is 649. The number of ether oxygens (including phenoxy) is 1.